The van der Waals surface area contributed by atoms with Crippen molar-refractivity contribution >= 4 is 27.6 Å². The quantitative estimate of drug-likeness (QED) is 0.766. The molecule has 1 aromatic rings. The first kappa shape index (κ1) is 19.4. The van der Waals surface area contributed by atoms with Gasteiger partial charge in [0.1, 0.15) is 6.04 Å². The number of benzene rings is 1. The van der Waals surface area contributed by atoms with Crippen LogP contribution in [0.15, 0.2) is 23.1 Å². The number of amides is 1. The fraction of sp³-hybridized carbons (Fsp3) is 0.500. The summed E-state index contributed by atoms with van der Waals surface area (Å²) in [4.78, 5) is 25.1. The number of carboxylic acid groups (broad SMARTS) is 1. The lowest BCUT2D eigenvalue weighted by atomic mass is 10.2. The molecule has 1 heterocycles. The van der Waals surface area contributed by atoms with Gasteiger partial charge in [0.05, 0.1) is 11.4 Å². The highest BCUT2D eigenvalue weighted by atomic mass is 32.2. The third-order valence-corrected chi connectivity index (χ3v) is 6.18. The SMILES string of the molecule is Cc1ccc(NC(=O)CN2CCC[C@H]2C(=O)O)cc1S(=O)(=O)N(C)C. The van der Waals surface area contributed by atoms with E-state index in [1.165, 1.54) is 20.2 Å². The Balaban J connectivity index is 2.13. The third-order valence-electron chi connectivity index (χ3n) is 4.23. The maximum absolute atomic E-state index is 12.3. The molecule has 0 unspecified atom stereocenters. The summed E-state index contributed by atoms with van der Waals surface area (Å²) in [5.41, 5.74) is 0.944. The molecule has 1 aliphatic heterocycles. The summed E-state index contributed by atoms with van der Waals surface area (Å²) in [5.74, 6) is -1.30. The molecule has 0 saturated carbocycles. The lowest BCUT2D eigenvalue weighted by molar-refractivity contribution is -0.142. The van der Waals surface area contributed by atoms with E-state index in [-0.39, 0.29) is 17.3 Å². The zero-order chi connectivity index (χ0) is 18.8. The summed E-state index contributed by atoms with van der Waals surface area (Å²) >= 11 is 0. The molecule has 0 bridgehead atoms. The highest BCUT2D eigenvalue weighted by molar-refractivity contribution is 7.89. The van der Waals surface area contributed by atoms with Crippen LogP contribution in [0.2, 0.25) is 0 Å². The molecule has 1 aromatic carbocycles. The van der Waals surface area contributed by atoms with Gasteiger partial charge in [0, 0.05) is 19.8 Å². The molecule has 1 atom stereocenters. The number of anilines is 1. The highest BCUT2D eigenvalue weighted by Gasteiger charge is 2.31. The number of aryl methyl sites for hydroxylation is 1. The minimum absolute atomic E-state index is 0.0411. The Hall–Kier alpha value is -1.97. The van der Waals surface area contributed by atoms with Crippen LogP contribution in [0.25, 0.3) is 0 Å². The minimum atomic E-state index is -3.61. The van der Waals surface area contributed by atoms with Gasteiger partial charge in [-0.2, -0.15) is 0 Å². The molecule has 2 rings (SSSR count). The second kappa shape index (κ2) is 7.51. The standard InChI is InChI=1S/C16H23N3O5S/c1-11-6-7-12(9-14(11)25(23,24)18(2)3)17-15(20)10-19-8-4-5-13(19)16(21)22/h6-7,9,13H,4-5,8,10H2,1-3H3,(H,17,20)(H,21,22)/t13-/m0/s1. The molecule has 0 aliphatic carbocycles. The van der Waals surface area contributed by atoms with Crippen LogP contribution < -0.4 is 5.32 Å². The molecular formula is C16H23N3O5S. The lowest BCUT2D eigenvalue weighted by Gasteiger charge is -2.20. The number of hydrogen-bond donors (Lipinski definition) is 2. The smallest absolute Gasteiger partial charge is 0.320 e. The normalized spacial score (nSPS) is 18.5. The van der Waals surface area contributed by atoms with Crippen LogP contribution in [-0.2, 0) is 19.6 Å². The Morgan fingerprint density at radius 3 is 2.64 bits per heavy atom. The van der Waals surface area contributed by atoms with Crippen molar-refractivity contribution in [2.75, 3.05) is 32.5 Å². The number of likely N-dealkylation sites (tertiary alicyclic amines) is 1. The Morgan fingerprint density at radius 2 is 2.04 bits per heavy atom. The zero-order valence-corrected chi connectivity index (χ0v) is 15.3. The average Bonchev–Trinajstić information content (AvgIpc) is 2.97. The summed E-state index contributed by atoms with van der Waals surface area (Å²) in [6.45, 7) is 2.20. The van der Waals surface area contributed by atoms with Gasteiger partial charge in [0.2, 0.25) is 15.9 Å². The number of aliphatic carboxylic acids is 1. The molecule has 25 heavy (non-hydrogen) atoms. The maximum Gasteiger partial charge on any atom is 0.320 e. The van der Waals surface area contributed by atoms with Crippen LogP contribution in [0.4, 0.5) is 5.69 Å². The molecular weight excluding hydrogens is 346 g/mol. The largest absolute Gasteiger partial charge is 0.480 e. The Bertz CT molecular complexity index is 776. The van der Waals surface area contributed by atoms with Crippen molar-refractivity contribution < 1.29 is 23.1 Å². The van der Waals surface area contributed by atoms with E-state index >= 15 is 0 Å². The van der Waals surface area contributed by atoms with Gasteiger partial charge in [-0.3, -0.25) is 14.5 Å². The Kier molecular flexibility index (Phi) is 5.81. The van der Waals surface area contributed by atoms with Gasteiger partial charge in [-0.15, -0.1) is 0 Å². The van der Waals surface area contributed by atoms with E-state index < -0.39 is 22.0 Å². The van der Waals surface area contributed by atoms with Crippen LogP contribution in [0, 0.1) is 6.92 Å². The minimum Gasteiger partial charge on any atom is -0.480 e. The summed E-state index contributed by atoms with van der Waals surface area (Å²) in [5, 5.41) is 11.8. The molecule has 1 fully saturated rings. The third kappa shape index (κ3) is 4.36. The van der Waals surface area contributed by atoms with E-state index in [2.05, 4.69) is 5.32 Å². The van der Waals surface area contributed by atoms with Crippen molar-refractivity contribution in [2.45, 2.75) is 30.7 Å². The van der Waals surface area contributed by atoms with Crippen molar-refractivity contribution in [3.8, 4) is 0 Å². The molecule has 0 spiro atoms. The molecule has 0 aromatic heterocycles. The maximum atomic E-state index is 12.3. The first-order chi connectivity index (χ1) is 11.6. The van der Waals surface area contributed by atoms with E-state index in [4.69, 9.17) is 5.11 Å². The van der Waals surface area contributed by atoms with E-state index in [1.807, 2.05) is 0 Å². The van der Waals surface area contributed by atoms with E-state index in [0.29, 0.717) is 24.2 Å². The molecule has 138 valence electrons. The number of nitrogens with zero attached hydrogens (tertiary/aromatic N) is 2. The van der Waals surface area contributed by atoms with Gasteiger partial charge in [-0.25, -0.2) is 12.7 Å². The van der Waals surface area contributed by atoms with E-state index in [1.54, 1.807) is 24.0 Å². The van der Waals surface area contributed by atoms with Gasteiger partial charge in [0.25, 0.3) is 0 Å². The van der Waals surface area contributed by atoms with Gasteiger partial charge in [-0.1, -0.05) is 6.07 Å². The summed E-state index contributed by atoms with van der Waals surface area (Å²) < 4.78 is 25.8. The van der Waals surface area contributed by atoms with Crippen molar-refractivity contribution in [3.63, 3.8) is 0 Å². The zero-order valence-electron chi connectivity index (χ0n) is 14.5. The van der Waals surface area contributed by atoms with Gasteiger partial charge >= 0.3 is 5.97 Å². The number of sulfonamides is 1. The monoisotopic (exact) mass is 369 g/mol. The van der Waals surface area contributed by atoms with Crippen molar-refractivity contribution in [3.05, 3.63) is 23.8 Å². The first-order valence-electron chi connectivity index (χ1n) is 7.93. The van der Waals surface area contributed by atoms with Crippen LogP contribution in [-0.4, -0.2) is 67.8 Å². The van der Waals surface area contributed by atoms with Crippen LogP contribution in [0.3, 0.4) is 0 Å². The van der Waals surface area contributed by atoms with E-state index in [9.17, 15) is 18.0 Å². The van der Waals surface area contributed by atoms with E-state index in [0.717, 1.165) is 10.7 Å². The second-order valence-corrected chi connectivity index (χ2v) is 8.40. The number of carbonyl (C=O) groups excluding carboxylic acids is 1. The molecule has 0 radical (unpaired) electrons. The van der Waals surface area contributed by atoms with Crippen molar-refractivity contribution in [2.24, 2.45) is 0 Å². The van der Waals surface area contributed by atoms with Crippen LogP contribution in [0.5, 0.6) is 0 Å². The number of hydrogen-bond acceptors (Lipinski definition) is 5. The van der Waals surface area contributed by atoms with Gasteiger partial charge < -0.3 is 10.4 Å². The fourth-order valence-electron chi connectivity index (χ4n) is 2.83. The van der Waals surface area contributed by atoms with Crippen LogP contribution >= 0.6 is 0 Å². The molecule has 8 nitrogen and oxygen atoms in total. The lowest BCUT2D eigenvalue weighted by Crippen LogP contribution is -2.40. The average molecular weight is 369 g/mol. The summed E-state index contributed by atoms with van der Waals surface area (Å²) in [7, 11) is -0.727. The summed E-state index contributed by atoms with van der Waals surface area (Å²) in [6, 6.07) is 4.03. The number of carbonyl (C=O) groups is 2. The van der Waals surface area contributed by atoms with Crippen molar-refractivity contribution in [1.29, 1.82) is 0 Å². The number of rotatable bonds is 6. The summed E-state index contributed by atoms with van der Waals surface area (Å²) in [6.07, 6.45) is 1.26. The van der Waals surface area contributed by atoms with Crippen molar-refractivity contribution in [1.82, 2.24) is 9.21 Å². The Morgan fingerprint density at radius 1 is 1.36 bits per heavy atom. The fourth-order valence-corrected chi connectivity index (χ4v) is 3.98. The molecule has 9 heteroatoms. The molecule has 1 aliphatic rings. The molecule has 1 saturated heterocycles. The highest BCUT2D eigenvalue weighted by Crippen LogP contribution is 2.23. The van der Waals surface area contributed by atoms with Gasteiger partial charge in [-0.05, 0) is 44.0 Å². The van der Waals surface area contributed by atoms with Gasteiger partial charge in [0.15, 0.2) is 0 Å². The predicted octanol–water partition coefficient (Wildman–Crippen LogP) is 0.733. The predicted molar refractivity (Wildman–Crippen MR) is 92.9 cm³/mol. The molecule has 1 amide bonds. The second-order valence-electron chi connectivity index (χ2n) is 6.28. The Labute approximate surface area is 147 Å². The number of carboxylic acids is 1. The topological polar surface area (TPSA) is 107 Å². The number of nitrogens with one attached hydrogen (secondary N) is 1. The first-order valence-corrected chi connectivity index (χ1v) is 9.37. The van der Waals surface area contributed by atoms with Crippen LogP contribution in [0.1, 0.15) is 18.4 Å². The molecule has 2 N–H and O–H groups in total.